The Kier molecular flexibility index (Phi) is 7.83. The molecular weight excluding hydrogens is 382 g/mol. The maximum Gasteiger partial charge on any atom is 0.271 e. The Morgan fingerprint density at radius 1 is 1.07 bits per heavy atom. The lowest BCUT2D eigenvalue weighted by molar-refractivity contribution is -0.124. The topological polar surface area (TPSA) is 89.0 Å². The van der Waals surface area contributed by atoms with Crippen LogP contribution in [0, 0.1) is 0 Å². The van der Waals surface area contributed by atoms with E-state index in [0.717, 1.165) is 18.4 Å². The van der Waals surface area contributed by atoms with Crippen molar-refractivity contribution in [1.29, 1.82) is 0 Å². The molecule has 7 nitrogen and oxygen atoms in total. The van der Waals surface area contributed by atoms with Gasteiger partial charge in [-0.25, -0.2) is 5.43 Å². The van der Waals surface area contributed by atoms with E-state index in [-0.39, 0.29) is 24.5 Å². The highest BCUT2D eigenvalue weighted by Gasteiger charge is 2.15. The van der Waals surface area contributed by atoms with Crippen molar-refractivity contribution in [3.63, 3.8) is 0 Å². The van der Waals surface area contributed by atoms with Crippen molar-refractivity contribution in [3.05, 3.63) is 59.7 Å². The average Bonchev–Trinajstić information content (AvgIpc) is 2.79. The molecule has 2 aromatic rings. The summed E-state index contributed by atoms with van der Waals surface area (Å²) in [4.78, 5) is 24.1. The number of nitrogens with zero attached hydrogens (tertiary/aromatic N) is 1. The summed E-state index contributed by atoms with van der Waals surface area (Å²) in [6.45, 7) is 0.000527. The van der Waals surface area contributed by atoms with E-state index in [1.165, 1.54) is 25.5 Å². The van der Waals surface area contributed by atoms with Crippen molar-refractivity contribution in [1.82, 2.24) is 10.7 Å². The summed E-state index contributed by atoms with van der Waals surface area (Å²) in [5, 5.41) is 7.00. The monoisotopic (exact) mass is 409 g/mol. The summed E-state index contributed by atoms with van der Waals surface area (Å²) in [6, 6.07) is 14.2. The van der Waals surface area contributed by atoms with E-state index in [1.807, 2.05) is 0 Å². The first-order valence-corrected chi connectivity index (χ1v) is 10.1. The summed E-state index contributed by atoms with van der Waals surface area (Å²) in [5.74, 6) is 0.794. The van der Waals surface area contributed by atoms with Gasteiger partial charge >= 0.3 is 0 Å². The molecule has 0 bridgehead atoms. The Morgan fingerprint density at radius 3 is 2.57 bits per heavy atom. The van der Waals surface area contributed by atoms with Gasteiger partial charge in [0.15, 0.2) is 6.61 Å². The van der Waals surface area contributed by atoms with Crippen molar-refractivity contribution in [2.45, 2.75) is 38.1 Å². The minimum absolute atomic E-state index is 0.000527. The van der Waals surface area contributed by atoms with Gasteiger partial charge in [-0.2, -0.15) is 5.10 Å². The summed E-state index contributed by atoms with van der Waals surface area (Å²) < 4.78 is 10.7. The van der Waals surface area contributed by atoms with Gasteiger partial charge in [-0.05, 0) is 60.9 Å². The van der Waals surface area contributed by atoms with Gasteiger partial charge in [-0.3, -0.25) is 9.59 Å². The second kappa shape index (κ2) is 11.0. The van der Waals surface area contributed by atoms with Crippen LogP contribution in [0.2, 0.25) is 0 Å². The number of benzene rings is 2. The third-order valence-electron chi connectivity index (χ3n) is 4.93. The Balaban J connectivity index is 1.43. The molecule has 158 valence electrons. The van der Waals surface area contributed by atoms with Crippen molar-refractivity contribution >= 4 is 18.0 Å². The van der Waals surface area contributed by atoms with E-state index in [4.69, 9.17) is 9.47 Å². The predicted octanol–water partition coefficient (Wildman–Crippen LogP) is 3.29. The number of methoxy groups -OCH3 is 1. The fourth-order valence-corrected chi connectivity index (χ4v) is 3.31. The van der Waals surface area contributed by atoms with Crippen LogP contribution in [0.4, 0.5) is 0 Å². The van der Waals surface area contributed by atoms with Gasteiger partial charge in [-0.1, -0.05) is 25.3 Å². The number of nitrogens with one attached hydrogen (secondary N) is 2. The van der Waals surface area contributed by atoms with E-state index >= 15 is 0 Å². The van der Waals surface area contributed by atoms with Crippen LogP contribution in [0.25, 0.3) is 0 Å². The van der Waals surface area contributed by atoms with Gasteiger partial charge < -0.3 is 14.8 Å². The maximum absolute atomic E-state index is 12.1. The lowest BCUT2D eigenvalue weighted by atomic mass is 9.95. The molecule has 1 saturated carbocycles. The molecule has 30 heavy (non-hydrogen) atoms. The van der Waals surface area contributed by atoms with Crippen molar-refractivity contribution in [2.75, 3.05) is 13.7 Å². The van der Waals surface area contributed by atoms with Crippen molar-refractivity contribution < 1.29 is 19.1 Å². The second-order valence-corrected chi connectivity index (χ2v) is 7.19. The van der Waals surface area contributed by atoms with E-state index in [2.05, 4.69) is 15.8 Å². The predicted molar refractivity (Wildman–Crippen MR) is 115 cm³/mol. The number of hydrogen-bond acceptors (Lipinski definition) is 5. The molecule has 0 spiro atoms. The summed E-state index contributed by atoms with van der Waals surface area (Å²) in [5.41, 5.74) is 3.73. The minimum Gasteiger partial charge on any atom is -0.497 e. The van der Waals surface area contributed by atoms with Gasteiger partial charge in [0.1, 0.15) is 11.5 Å². The van der Waals surface area contributed by atoms with Crippen LogP contribution in [0.1, 0.15) is 48.0 Å². The molecule has 1 aliphatic rings. The van der Waals surface area contributed by atoms with Crippen molar-refractivity contribution in [3.8, 4) is 11.5 Å². The Labute approximate surface area is 176 Å². The van der Waals surface area contributed by atoms with Crippen LogP contribution >= 0.6 is 0 Å². The van der Waals surface area contributed by atoms with Gasteiger partial charge in [0, 0.05) is 11.6 Å². The lowest BCUT2D eigenvalue weighted by Gasteiger charge is -2.22. The third kappa shape index (κ3) is 6.62. The molecule has 1 fully saturated rings. The van der Waals surface area contributed by atoms with Gasteiger partial charge in [0.25, 0.3) is 11.8 Å². The Bertz CT molecular complexity index is 874. The van der Waals surface area contributed by atoms with Crippen LogP contribution < -0.4 is 20.2 Å². The Morgan fingerprint density at radius 2 is 1.83 bits per heavy atom. The molecule has 3 rings (SSSR count). The molecule has 0 atom stereocenters. The van der Waals surface area contributed by atoms with E-state index in [1.54, 1.807) is 55.6 Å². The largest absolute Gasteiger partial charge is 0.497 e. The average molecular weight is 409 g/mol. The molecular formula is C23H27N3O4. The first-order chi connectivity index (χ1) is 14.6. The molecule has 0 saturated heterocycles. The number of hydrazone groups is 1. The van der Waals surface area contributed by atoms with E-state index < -0.39 is 0 Å². The summed E-state index contributed by atoms with van der Waals surface area (Å²) >= 11 is 0. The van der Waals surface area contributed by atoms with Crippen LogP contribution in [0.5, 0.6) is 11.5 Å². The molecule has 0 heterocycles. The van der Waals surface area contributed by atoms with E-state index in [9.17, 15) is 9.59 Å². The number of rotatable bonds is 8. The smallest absolute Gasteiger partial charge is 0.271 e. The molecule has 2 aromatic carbocycles. The standard InChI is InChI=1S/C23H27N3O4/c1-29-21-9-5-6-18(14-21)23(28)26-24-15-17-10-12-20(13-11-17)30-16-22(27)25-19-7-3-2-4-8-19/h5-6,9-15,19H,2-4,7-8,16H2,1H3,(H,25,27)(H,26,28)/b24-15-. The molecule has 7 heteroatoms. The zero-order chi connectivity index (χ0) is 21.2. The molecule has 0 unspecified atom stereocenters. The second-order valence-electron chi connectivity index (χ2n) is 7.19. The van der Waals surface area contributed by atoms with Crippen LogP contribution in [-0.2, 0) is 4.79 Å². The van der Waals surface area contributed by atoms with Crippen molar-refractivity contribution in [2.24, 2.45) is 5.10 Å². The lowest BCUT2D eigenvalue weighted by Crippen LogP contribution is -2.38. The highest BCUT2D eigenvalue weighted by Crippen LogP contribution is 2.17. The first-order valence-electron chi connectivity index (χ1n) is 10.1. The first kappa shape index (κ1) is 21.4. The SMILES string of the molecule is COc1cccc(C(=O)N/N=C\c2ccc(OCC(=O)NC3CCCCC3)cc2)c1. The quantitative estimate of drug-likeness (QED) is 0.517. The zero-order valence-electron chi connectivity index (χ0n) is 17.1. The van der Waals surface area contributed by atoms with Gasteiger partial charge in [0.2, 0.25) is 0 Å². The molecule has 0 aliphatic heterocycles. The van der Waals surface area contributed by atoms with Gasteiger partial charge in [-0.15, -0.1) is 0 Å². The maximum atomic E-state index is 12.1. The Hall–Kier alpha value is -3.35. The zero-order valence-corrected chi connectivity index (χ0v) is 17.1. The molecule has 1 aliphatic carbocycles. The molecule has 0 aromatic heterocycles. The number of amides is 2. The minimum atomic E-state index is -0.325. The number of hydrogen-bond donors (Lipinski definition) is 2. The molecule has 2 amide bonds. The van der Waals surface area contributed by atoms with Gasteiger partial charge in [0.05, 0.1) is 13.3 Å². The molecule has 2 N–H and O–H groups in total. The van der Waals surface area contributed by atoms with Crippen LogP contribution in [-0.4, -0.2) is 37.8 Å². The van der Waals surface area contributed by atoms with Crippen LogP contribution in [0.15, 0.2) is 53.6 Å². The fraction of sp³-hybridized carbons (Fsp3) is 0.348. The summed E-state index contributed by atoms with van der Waals surface area (Å²) in [6.07, 6.45) is 7.24. The van der Waals surface area contributed by atoms with Crippen LogP contribution in [0.3, 0.4) is 0 Å². The number of carbonyl (C=O) groups is 2. The normalized spacial score (nSPS) is 14.3. The number of carbonyl (C=O) groups excluding carboxylic acids is 2. The highest BCUT2D eigenvalue weighted by molar-refractivity contribution is 5.95. The fourth-order valence-electron chi connectivity index (χ4n) is 3.31. The van der Waals surface area contributed by atoms with E-state index in [0.29, 0.717) is 17.1 Å². The third-order valence-corrected chi connectivity index (χ3v) is 4.93. The number of ether oxygens (including phenoxy) is 2. The summed E-state index contributed by atoms with van der Waals surface area (Å²) in [7, 11) is 1.55. The molecule has 0 radical (unpaired) electrons. The highest BCUT2D eigenvalue weighted by atomic mass is 16.5.